The van der Waals surface area contributed by atoms with Crippen molar-refractivity contribution < 1.29 is 9.59 Å². The van der Waals surface area contributed by atoms with Crippen LogP contribution in [0.3, 0.4) is 0 Å². The summed E-state index contributed by atoms with van der Waals surface area (Å²) in [6, 6.07) is 10.2. The molecule has 0 bridgehead atoms. The first-order valence-electron chi connectivity index (χ1n) is 6.46. The van der Waals surface area contributed by atoms with Crippen molar-refractivity contribution in [2.24, 2.45) is 0 Å². The fraction of sp³-hybridized carbons (Fsp3) is 0.200. The maximum absolute atomic E-state index is 11.9. The van der Waals surface area contributed by atoms with Crippen molar-refractivity contribution >= 4 is 23.2 Å². The minimum absolute atomic E-state index is 0.0936. The van der Waals surface area contributed by atoms with E-state index in [1.54, 1.807) is 30.3 Å². The highest BCUT2D eigenvalue weighted by atomic mass is 16.2. The van der Waals surface area contributed by atoms with Gasteiger partial charge in [0.15, 0.2) is 0 Å². The van der Waals surface area contributed by atoms with Crippen LogP contribution in [-0.2, 0) is 9.59 Å². The predicted octanol–water partition coefficient (Wildman–Crippen LogP) is 1.49. The highest BCUT2D eigenvalue weighted by Crippen LogP contribution is 2.14. The molecule has 0 aliphatic rings. The summed E-state index contributed by atoms with van der Waals surface area (Å²) < 4.78 is 0. The van der Waals surface area contributed by atoms with Gasteiger partial charge in [0, 0.05) is 31.0 Å². The Labute approximate surface area is 128 Å². The van der Waals surface area contributed by atoms with E-state index in [1.165, 1.54) is 13.1 Å². The minimum atomic E-state index is -0.556. The third kappa shape index (κ3) is 5.76. The molecule has 0 aliphatic carbocycles. The van der Waals surface area contributed by atoms with Gasteiger partial charge in [-0.15, -0.1) is 0 Å². The van der Waals surface area contributed by atoms with Crippen LogP contribution in [0.2, 0.25) is 0 Å². The van der Waals surface area contributed by atoms with Gasteiger partial charge in [-0.2, -0.15) is 10.5 Å². The zero-order valence-electron chi connectivity index (χ0n) is 12.0. The van der Waals surface area contributed by atoms with E-state index >= 15 is 0 Å². The molecule has 2 amide bonds. The molecule has 0 aromatic heterocycles. The van der Waals surface area contributed by atoms with E-state index in [2.05, 4.69) is 16.0 Å². The number of carbonyl (C=O) groups is 2. The van der Waals surface area contributed by atoms with Gasteiger partial charge in [-0.25, -0.2) is 0 Å². The molecule has 7 heteroatoms. The lowest BCUT2D eigenvalue weighted by atomic mass is 10.2. The molecule has 1 rings (SSSR count). The standard InChI is InChI=1S/C15H15N5O2/c1-11(21)19-13-3-5-14(6-4-13)20-15(22)12(9-17)10-18-8-2-7-16/h3-6,10,18H,2,8H2,1H3,(H,19,21)(H,20,22)/b12-10-. The van der Waals surface area contributed by atoms with Gasteiger partial charge < -0.3 is 16.0 Å². The Balaban J connectivity index is 2.64. The normalized spacial score (nSPS) is 10.0. The van der Waals surface area contributed by atoms with Gasteiger partial charge in [0.2, 0.25) is 5.91 Å². The van der Waals surface area contributed by atoms with Gasteiger partial charge in [-0.1, -0.05) is 0 Å². The van der Waals surface area contributed by atoms with Crippen molar-refractivity contribution in [1.29, 1.82) is 10.5 Å². The lowest BCUT2D eigenvalue weighted by molar-refractivity contribution is -0.114. The van der Waals surface area contributed by atoms with Crippen molar-refractivity contribution in [3.05, 3.63) is 36.0 Å². The lowest BCUT2D eigenvalue weighted by Crippen LogP contribution is -2.17. The van der Waals surface area contributed by atoms with Crippen LogP contribution in [0.5, 0.6) is 0 Å². The van der Waals surface area contributed by atoms with Gasteiger partial charge in [0.1, 0.15) is 11.6 Å². The number of benzene rings is 1. The summed E-state index contributed by atoms with van der Waals surface area (Å²) in [5, 5.41) is 25.2. The molecule has 0 aliphatic heterocycles. The van der Waals surface area contributed by atoms with Gasteiger partial charge in [0.05, 0.1) is 12.5 Å². The van der Waals surface area contributed by atoms with E-state index in [4.69, 9.17) is 10.5 Å². The molecule has 7 nitrogen and oxygen atoms in total. The smallest absolute Gasteiger partial charge is 0.267 e. The second-order valence-electron chi connectivity index (χ2n) is 4.24. The number of nitrogens with zero attached hydrogens (tertiary/aromatic N) is 2. The Kier molecular flexibility index (Phi) is 6.67. The first-order valence-corrected chi connectivity index (χ1v) is 6.46. The minimum Gasteiger partial charge on any atom is -0.389 e. The fourth-order valence-electron chi connectivity index (χ4n) is 1.49. The number of hydrogen-bond acceptors (Lipinski definition) is 5. The Morgan fingerprint density at radius 3 is 2.23 bits per heavy atom. The zero-order valence-corrected chi connectivity index (χ0v) is 12.0. The number of carbonyl (C=O) groups excluding carboxylic acids is 2. The van der Waals surface area contributed by atoms with E-state index in [0.717, 1.165) is 0 Å². The molecule has 0 spiro atoms. The highest BCUT2D eigenvalue weighted by Gasteiger charge is 2.09. The average molecular weight is 297 g/mol. The SMILES string of the molecule is CC(=O)Nc1ccc(NC(=O)/C(C#N)=C\NCCC#N)cc1. The molecule has 112 valence electrons. The maximum Gasteiger partial charge on any atom is 0.267 e. The van der Waals surface area contributed by atoms with Crippen molar-refractivity contribution in [1.82, 2.24) is 5.32 Å². The fourth-order valence-corrected chi connectivity index (χ4v) is 1.49. The summed E-state index contributed by atoms with van der Waals surface area (Å²) >= 11 is 0. The molecule has 0 unspecified atom stereocenters. The van der Waals surface area contributed by atoms with Crippen LogP contribution in [0.4, 0.5) is 11.4 Å². The van der Waals surface area contributed by atoms with E-state index in [9.17, 15) is 9.59 Å². The van der Waals surface area contributed by atoms with Gasteiger partial charge in [-0.05, 0) is 24.3 Å². The van der Waals surface area contributed by atoms with Crippen LogP contribution in [-0.4, -0.2) is 18.4 Å². The van der Waals surface area contributed by atoms with Gasteiger partial charge >= 0.3 is 0 Å². The number of anilines is 2. The molecule has 1 aromatic rings. The lowest BCUT2D eigenvalue weighted by Gasteiger charge is -2.06. The maximum atomic E-state index is 11.9. The van der Waals surface area contributed by atoms with E-state index in [-0.39, 0.29) is 17.9 Å². The summed E-state index contributed by atoms with van der Waals surface area (Å²) in [4.78, 5) is 22.8. The molecule has 0 saturated heterocycles. The van der Waals surface area contributed by atoms with Crippen LogP contribution in [0.15, 0.2) is 36.0 Å². The van der Waals surface area contributed by atoms with Crippen LogP contribution in [0, 0.1) is 22.7 Å². The summed E-state index contributed by atoms with van der Waals surface area (Å²) in [5.74, 6) is -0.742. The highest BCUT2D eigenvalue weighted by molar-refractivity contribution is 6.06. The third-order valence-electron chi connectivity index (χ3n) is 2.46. The number of amides is 2. The molecule has 0 atom stereocenters. The Hall–Kier alpha value is -3.32. The van der Waals surface area contributed by atoms with Crippen molar-refractivity contribution in [2.45, 2.75) is 13.3 Å². The van der Waals surface area contributed by atoms with Crippen LogP contribution < -0.4 is 16.0 Å². The Bertz CT molecular complexity index is 650. The molecular formula is C15H15N5O2. The first kappa shape index (κ1) is 16.7. The second-order valence-corrected chi connectivity index (χ2v) is 4.24. The average Bonchev–Trinajstić information content (AvgIpc) is 2.49. The van der Waals surface area contributed by atoms with Crippen molar-refractivity contribution in [3.8, 4) is 12.1 Å². The molecule has 0 saturated carbocycles. The third-order valence-corrected chi connectivity index (χ3v) is 2.46. The summed E-state index contributed by atoms with van der Waals surface area (Å²) in [6.45, 7) is 1.76. The van der Waals surface area contributed by atoms with Crippen LogP contribution in [0.1, 0.15) is 13.3 Å². The molecule has 22 heavy (non-hydrogen) atoms. The van der Waals surface area contributed by atoms with E-state index in [1.807, 2.05) is 6.07 Å². The Morgan fingerprint density at radius 2 is 1.73 bits per heavy atom. The molecule has 1 aromatic carbocycles. The summed E-state index contributed by atoms with van der Waals surface area (Å²) in [6.07, 6.45) is 1.56. The van der Waals surface area contributed by atoms with Gasteiger partial charge in [-0.3, -0.25) is 9.59 Å². The molecular weight excluding hydrogens is 282 g/mol. The number of rotatable bonds is 6. The molecule has 0 heterocycles. The van der Waals surface area contributed by atoms with Crippen LogP contribution >= 0.6 is 0 Å². The van der Waals surface area contributed by atoms with Gasteiger partial charge in [0.25, 0.3) is 5.91 Å². The topological polar surface area (TPSA) is 118 Å². The van der Waals surface area contributed by atoms with Crippen LogP contribution in [0.25, 0.3) is 0 Å². The summed E-state index contributed by atoms with van der Waals surface area (Å²) in [7, 11) is 0. The Morgan fingerprint density at radius 1 is 1.14 bits per heavy atom. The zero-order chi connectivity index (χ0) is 16.4. The predicted molar refractivity (Wildman–Crippen MR) is 81.3 cm³/mol. The largest absolute Gasteiger partial charge is 0.389 e. The molecule has 0 radical (unpaired) electrons. The quantitative estimate of drug-likeness (QED) is 0.418. The number of hydrogen-bond donors (Lipinski definition) is 3. The monoisotopic (exact) mass is 297 g/mol. The second kappa shape index (κ2) is 8.77. The number of nitrogens with one attached hydrogen (secondary N) is 3. The molecule has 3 N–H and O–H groups in total. The molecule has 0 fully saturated rings. The number of nitriles is 2. The summed E-state index contributed by atoms with van der Waals surface area (Å²) in [5.41, 5.74) is 1.01. The van der Waals surface area contributed by atoms with Crippen molar-refractivity contribution in [3.63, 3.8) is 0 Å². The van der Waals surface area contributed by atoms with Crippen molar-refractivity contribution in [2.75, 3.05) is 17.2 Å². The van der Waals surface area contributed by atoms with E-state index in [0.29, 0.717) is 17.9 Å². The van der Waals surface area contributed by atoms with E-state index < -0.39 is 5.91 Å². The first-order chi connectivity index (χ1) is 10.6.